The lowest BCUT2D eigenvalue weighted by Gasteiger charge is -2.30. The largest absolute Gasteiger partial charge is 0.465 e. The van der Waals surface area contributed by atoms with Gasteiger partial charge < -0.3 is 14.0 Å². The van der Waals surface area contributed by atoms with Crippen molar-refractivity contribution in [1.29, 1.82) is 0 Å². The maximum absolute atomic E-state index is 13.1. The van der Waals surface area contributed by atoms with Crippen LogP contribution < -0.4 is 4.80 Å². The third-order valence-corrected chi connectivity index (χ3v) is 9.73. The van der Waals surface area contributed by atoms with Crippen molar-refractivity contribution < 1.29 is 32.3 Å². The Morgan fingerprint density at radius 2 is 1.72 bits per heavy atom. The average molecular weight is 574 g/mol. The van der Waals surface area contributed by atoms with Gasteiger partial charge in [-0.1, -0.05) is 30.6 Å². The van der Waals surface area contributed by atoms with E-state index in [4.69, 9.17) is 9.47 Å². The lowest BCUT2D eigenvalue weighted by Crippen LogP contribution is -2.38. The number of benzene rings is 2. The molecule has 1 saturated carbocycles. The van der Waals surface area contributed by atoms with Crippen LogP contribution in [-0.2, 0) is 30.8 Å². The van der Waals surface area contributed by atoms with Gasteiger partial charge in [0, 0.05) is 18.7 Å². The third kappa shape index (κ3) is 6.29. The molecule has 1 aliphatic rings. The van der Waals surface area contributed by atoms with E-state index in [9.17, 15) is 22.8 Å². The molecule has 3 aromatic rings. The van der Waals surface area contributed by atoms with Gasteiger partial charge in [-0.05, 0) is 62.2 Å². The summed E-state index contributed by atoms with van der Waals surface area (Å²) in [6, 6.07) is 10.5. The normalized spacial score (nSPS) is 15.0. The van der Waals surface area contributed by atoms with Crippen LogP contribution in [0, 0.1) is 0 Å². The van der Waals surface area contributed by atoms with Crippen molar-refractivity contribution in [2.24, 2.45) is 4.99 Å². The summed E-state index contributed by atoms with van der Waals surface area (Å²) in [6.45, 7) is 1.72. The van der Waals surface area contributed by atoms with Gasteiger partial charge >= 0.3 is 11.9 Å². The predicted molar refractivity (Wildman–Crippen MR) is 146 cm³/mol. The van der Waals surface area contributed by atoms with Crippen LogP contribution in [0.1, 0.15) is 59.7 Å². The van der Waals surface area contributed by atoms with E-state index in [1.54, 1.807) is 36.7 Å². The van der Waals surface area contributed by atoms with Crippen molar-refractivity contribution in [3.63, 3.8) is 0 Å². The Labute approximate surface area is 230 Å². The first kappa shape index (κ1) is 28.7. The van der Waals surface area contributed by atoms with E-state index >= 15 is 0 Å². The van der Waals surface area contributed by atoms with Crippen molar-refractivity contribution in [3.05, 3.63) is 58.4 Å². The van der Waals surface area contributed by atoms with Gasteiger partial charge in [0.25, 0.3) is 5.91 Å². The minimum atomic E-state index is -3.70. The molecule has 4 rings (SSSR count). The molecule has 0 bridgehead atoms. The number of hydrogen-bond acceptors (Lipinski definition) is 8. The van der Waals surface area contributed by atoms with Crippen LogP contribution in [0.25, 0.3) is 10.2 Å². The molecule has 0 atom stereocenters. The second kappa shape index (κ2) is 12.2. The van der Waals surface area contributed by atoms with Crippen LogP contribution in [0.15, 0.2) is 52.4 Å². The Kier molecular flexibility index (Phi) is 8.98. The zero-order valence-corrected chi connectivity index (χ0v) is 23.7. The summed E-state index contributed by atoms with van der Waals surface area (Å²) < 4.78 is 39.8. The van der Waals surface area contributed by atoms with E-state index in [1.165, 1.54) is 35.7 Å². The molecule has 39 heavy (non-hydrogen) atoms. The maximum Gasteiger partial charge on any atom is 0.337 e. The molecule has 0 radical (unpaired) electrons. The molecule has 1 aliphatic carbocycles. The van der Waals surface area contributed by atoms with E-state index in [0.717, 1.165) is 43.4 Å². The molecule has 0 aliphatic heterocycles. The number of amides is 1. The lowest BCUT2D eigenvalue weighted by molar-refractivity contribution is -0.143. The van der Waals surface area contributed by atoms with E-state index in [-0.39, 0.29) is 34.5 Å². The van der Waals surface area contributed by atoms with Crippen molar-refractivity contribution in [3.8, 4) is 0 Å². The number of carbonyl (C=O) groups excluding carboxylic acids is 3. The molecule has 0 saturated heterocycles. The second-order valence-electron chi connectivity index (χ2n) is 9.20. The van der Waals surface area contributed by atoms with Crippen molar-refractivity contribution in [2.45, 2.75) is 56.5 Å². The lowest BCUT2D eigenvalue weighted by atomic mass is 9.96. The standard InChI is InChI=1S/C27H31N3O7S2/c1-4-37-24(31)17-30-22-15-12-19(26(33)36-3)16-23(22)38-27(30)28-25(32)18-10-13-21(14-11-18)39(34,35)29(2)20-8-6-5-7-9-20/h10-16,20H,4-9,17H2,1-3H3. The van der Waals surface area contributed by atoms with E-state index in [0.29, 0.717) is 15.8 Å². The van der Waals surface area contributed by atoms with Crippen molar-refractivity contribution >= 4 is 49.4 Å². The summed E-state index contributed by atoms with van der Waals surface area (Å²) in [5.41, 5.74) is 1.12. The van der Waals surface area contributed by atoms with Crippen molar-refractivity contribution in [1.82, 2.24) is 8.87 Å². The first-order valence-corrected chi connectivity index (χ1v) is 15.0. The van der Waals surface area contributed by atoms with E-state index in [2.05, 4.69) is 4.99 Å². The quantitative estimate of drug-likeness (QED) is 0.376. The Morgan fingerprint density at radius 1 is 1.05 bits per heavy atom. The van der Waals surface area contributed by atoms with Gasteiger partial charge in [-0.3, -0.25) is 9.59 Å². The van der Waals surface area contributed by atoms with Crippen molar-refractivity contribution in [2.75, 3.05) is 20.8 Å². The third-order valence-electron chi connectivity index (χ3n) is 6.76. The maximum atomic E-state index is 13.1. The van der Waals surface area contributed by atoms with E-state index < -0.39 is 27.9 Å². The molecule has 10 nitrogen and oxygen atoms in total. The molecule has 0 N–H and O–H groups in total. The van der Waals surface area contributed by atoms with Crippen LogP contribution in [-0.4, -0.2) is 61.9 Å². The number of aromatic nitrogens is 1. The Bertz CT molecular complexity index is 1550. The molecule has 208 valence electrons. The molecular formula is C27H31N3O7S2. The van der Waals surface area contributed by atoms with Crippen LogP contribution >= 0.6 is 11.3 Å². The van der Waals surface area contributed by atoms with E-state index in [1.807, 2.05) is 0 Å². The monoisotopic (exact) mass is 573 g/mol. The molecule has 0 spiro atoms. The van der Waals surface area contributed by atoms with Gasteiger partial charge in [0.1, 0.15) is 6.54 Å². The highest BCUT2D eigenvalue weighted by Crippen LogP contribution is 2.27. The number of thiazole rings is 1. The first-order valence-electron chi connectivity index (χ1n) is 12.7. The van der Waals surface area contributed by atoms with Crippen LogP contribution in [0.4, 0.5) is 0 Å². The molecule has 1 fully saturated rings. The van der Waals surface area contributed by atoms with Gasteiger partial charge in [0.05, 0.1) is 34.4 Å². The summed E-state index contributed by atoms with van der Waals surface area (Å²) >= 11 is 1.13. The summed E-state index contributed by atoms with van der Waals surface area (Å²) in [5, 5.41) is 0. The molecule has 12 heteroatoms. The molecule has 1 heterocycles. The number of methoxy groups -OCH3 is 1. The smallest absolute Gasteiger partial charge is 0.337 e. The fourth-order valence-corrected chi connectivity index (χ4v) is 7.10. The zero-order valence-electron chi connectivity index (χ0n) is 22.1. The minimum Gasteiger partial charge on any atom is -0.465 e. The Balaban J connectivity index is 1.66. The predicted octanol–water partition coefficient (Wildman–Crippen LogP) is 3.75. The van der Waals surface area contributed by atoms with Crippen LogP contribution in [0.3, 0.4) is 0 Å². The summed E-state index contributed by atoms with van der Waals surface area (Å²) in [4.78, 5) is 41.9. The van der Waals surface area contributed by atoms with Gasteiger partial charge in [-0.25, -0.2) is 13.2 Å². The summed E-state index contributed by atoms with van der Waals surface area (Å²) in [5.74, 6) is -1.61. The molecule has 0 unspecified atom stereocenters. The van der Waals surface area contributed by atoms with Gasteiger partial charge in [-0.2, -0.15) is 9.30 Å². The number of esters is 2. The molecular weight excluding hydrogens is 542 g/mol. The number of fused-ring (bicyclic) bond motifs is 1. The SMILES string of the molecule is CCOC(=O)Cn1c(=NC(=O)c2ccc(S(=O)(=O)N(C)C3CCCCC3)cc2)sc2cc(C(=O)OC)ccc21. The highest BCUT2D eigenvalue weighted by atomic mass is 32.2. The highest BCUT2D eigenvalue weighted by Gasteiger charge is 2.29. The molecule has 2 aromatic carbocycles. The molecule has 1 aromatic heterocycles. The number of hydrogen-bond donors (Lipinski definition) is 0. The highest BCUT2D eigenvalue weighted by molar-refractivity contribution is 7.89. The number of ether oxygens (including phenoxy) is 2. The number of sulfonamides is 1. The number of nitrogens with zero attached hydrogens (tertiary/aromatic N) is 3. The summed E-state index contributed by atoms with van der Waals surface area (Å²) in [6.07, 6.45) is 4.83. The number of rotatable bonds is 8. The topological polar surface area (TPSA) is 124 Å². The van der Waals surface area contributed by atoms with Crippen LogP contribution in [0.2, 0.25) is 0 Å². The molecule has 1 amide bonds. The fraction of sp³-hybridized carbons (Fsp3) is 0.407. The average Bonchev–Trinajstić information content (AvgIpc) is 3.28. The summed E-state index contributed by atoms with van der Waals surface area (Å²) in [7, 11) is -0.806. The zero-order chi connectivity index (χ0) is 28.2. The van der Waals surface area contributed by atoms with Gasteiger partial charge in [0.15, 0.2) is 4.80 Å². The van der Waals surface area contributed by atoms with Gasteiger partial charge in [0.2, 0.25) is 10.0 Å². The second-order valence-corrected chi connectivity index (χ2v) is 12.2. The van der Waals surface area contributed by atoms with Crippen LogP contribution in [0.5, 0.6) is 0 Å². The number of carbonyl (C=O) groups is 3. The Hall–Kier alpha value is -3.35. The Morgan fingerprint density at radius 3 is 2.36 bits per heavy atom. The minimum absolute atomic E-state index is 0.0254. The first-order chi connectivity index (χ1) is 18.6. The van der Waals surface area contributed by atoms with Gasteiger partial charge in [-0.15, -0.1) is 0 Å². The fourth-order valence-electron chi connectivity index (χ4n) is 4.62.